The van der Waals surface area contributed by atoms with Crippen molar-refractivity contribution >= 4 is 64.5 Å². The van der Waals surface area contributed by atoms with Crippen LogP contribution in [0.1, 0.15) is 0 Å². The van der Waals surface area contributed by atoms with E-state index in [2.05, 4.69) is 20.5 Å². The first-order valence-electron chi connectivity index (χ1n) is 15.1. The van der Waals surface area contributed by atoms with Crippen LogP contribution >= 0.6 is 0 Å². The van der Waals surface area contributed by atoms with E-state index in [1.165, 1.54) is 60.7 Å². The maximum Gasteiger partial charge on any atom is 2.00 e. The van der Waals surface area contributed by atoms with Crippen LogP contribution in [0.2, 0.25) is 0 Å². The van der Waals surface area contributed by atoms with Crippen LogP contribution in [0.25, 0.3) is 21.5 Å². The summed E-state index contributed by atoms with van der Waals surface area (Å²) in [5.74, 6) is -0.0163. The van der Waals surface area contributed by atoms with Crippen LogP contribution in [-0.4, -0.2) is 85.0 Å². The fraction of sp³-hybridized carbons (Fsp3) is 0.111. The van der Waals surface area contributed by atoms with Crippen molar-refractivity contribution in [2.75, 3.05) is 28.4 Å². The Morgan fingerprint density at radius 1 is 0.418 bits per heavy atom. The smallest absolute Gasteiger partial charge is 0.744 e. The Morgan fingerprint density at radius 2 is 0.709 bits per heavy atom. The molecule has 0 unspecified atom stereocenters. The van der Waals surface area contributed by atoms with Crippen molar-refractivity contribution in [1.29, 1.82) is 0 Å². The molecule has 6 aromatic carbocycles. The van der Waals surface area contributed by atoms with Gasteiger partial charge in [-0.3, -0.25) is 0 Å². The molecule has 6 rings (SSSR count). The monoisotopic (exact) mass is 841 g/mol. The number of benzene rings is 6. The molecule has 55 heavy (non-hydrogen) atoms. The second kappa shape index (κ2) is 25.0. The number of phenols is 2. The zero-order chi connectivity index (χ0) is 40.9. The maximum atomic E-state index is 10.9. The van der Waals surface area contributed by atoms with E-state index in [0.29, 0.717) is 22.7 Å². The first kappa shape index (κ1) is 49.8. The fourth-order valence-corrected chi connectivity index (χ4v) is 5.21. The Kier molecular flexibility index (Phi) is 22.6. The molecule has 0 aromatic heterocycles. The summed E-state index contributed by atoms with van der Waals surface area (Å²) >= 11 is 0. The van der Waals surface area contributed by atoms with E-state index >= 15 is 0 Å². The van der Waals surface area contributed by atoms with E-state index in [0.717, 1.165) is 50.0 Å². The zero-order valence-electron chi connectivity index (χ0n) is 29.6. The molecule has 0 amide bonds. The van der Waals surface area contributed by atoms with E-state index in [1.54, 1.807) is 12.1 Å². The average molecular weight is 842 g/mol. The van der Waals surface area contributed by atoms with Crippen molar-refractivity contribution < 1.29 is 73.4 Å². The van der Waals surface area contributed by atoms with Gasteiger partial charge in [-0.25, -0.2) is 16.8 Å². The molecule has 19 heteroatoms. The van der Waals surface area contributed by atoms with Gasteiger partial charge in [0.1, 0.15) is 43.1 Å². The number of fused-ring (bicyclic) bond motifs is 2. The molecule has 6 aromatic rings. The standard InChI is InChI=1S/2C16H12N2O4S.4CH4O.Co/c2*19-15-10-5-11-3-1-2-4-14(11)16(15)18-17-12-6-8-13(9-7-12)23(20,21)22;4*1-2;/h2*1-10,19H,(H,20,21,22);4*2H,1H3;/q;;;;;;+2/p-2. The van der Waals surface area contributed by atoms with Gasteiger partial charge in [-0.2, -0.15) is 10.2 Å². The number of azo groups is 2. The molecule has 0 saturated heterocycles. The maximum absolute atomic E-state index is 10.9. The number of hydrogen-bond acceptors (Lipinski definition) is 16. The van der Waals surface area contributed by atoms with Crippen molar-refractivity contribution in [2.24, 2.45) is 20.5 Å². The van der Waals surface area contributed by atoms with E-state index < -0.39 is 20.2 Å². The molecule has 0 heterocycles. The Hall–Kier alpha value is -5.19. The molecule has 0 aliphatic rings. The summed E-state index contributed by atoms with van der Waals surface area (Å²) in [6.45, 7) is 0. The largest absolute Gasteiger partial charge is 2.00 e. The molecule has 1 radical (unpaired) electrons. The zero-order valence-corrected chi connectivity index (χ0v) is 32.3. The van der Waals surface area contributed by atoms with Gasteiger partial charge in [0.05, 0.1) is 21.2 Å². The van der Waals surface area contributed by atoms with Crippen molar-refractivity contribution in [2.45, 2.75) is 9.79 Å². The summed E-state index contributed by atoms with van der Waals surface area (Å²) < 4.78 is 65.2. The van der Waals surface area contributed by atoms with Crippen molar-refractivity contribution in [3.05, 3.63) is 121 Å². The summed E-state index contributed by atoms with van der Waals surface area (Å²) in [5, 5.41) is 67.3. The van der Waals surface area contributed by atoms with Gasteiger partial charge >= 0.3 is 16.8 Å². The fourth-order valence-electron chi connectivity index (χ4n) is 4.27. The molecule has 16 nitrogen and oxygen atoms in total. The summed E-state index contributed by atoms with van der Waals surface area (Å²) in [6.07, 6.45) is 0. The van der Waals surface area contributed by atoms with Crippen LogP contribution in [-0.2, 0) is 37.0 Å². The summed E-state index contributed by atoms with van der Waals surface area (Å²) in [6, 6.07) is 31.6. The van der Waals surface area contributed by atoms with Crippen LogP contribution in [0, 0.1) is 0 Å². The molecule has 0 aliphatic heterocycles. The van der Waals surface area contributed by atoms with E-state index in [4.69, 9.17) is 20.4 Å². The van der Waals surface area contributed by atoms with Crippen molar-refractivity contribution in [3.63, 3.8) is 0 Å². The van der Waals surface area contributed by atoms with E-state index in [1.807, 2.05) is 48.5 Å². The second-order valence-corrected chi connectivity index (χ2v) is 12.4. The minimum Gasteiger partial charge on any atom is -0.744 e. The van der Waals surface area contributed by atoms with Gasteiger partial charge in [0.2, 0.25) is 0 Å². The van der Waals surface area contributed by atoms with Gasteiger partial charge in [-0.1, -0.05) is 60.7 Å². The number of aliphatic hydroxyl groups excluding tert-OH is 4. The van der Waals surface area contributed by atoms with E-state index in [9.17, 15) is 36.2 Å². The minimum absolute atomic E-state index is 0. The molecule has 0 spiro atoms. The average Bonchev–Trinajstić information content (AvgIpc) is 3.20. The third-order valence-corrected chi connectivity index (χ3v) is 8.24. The number of aliphatic hydroxyl groups is 4. The van der Waals surface area contributed by atoms with Crippen LogP contribution in [0.15, 0.2) is 152 Å². The first-order valence-corrected chi connectivity index (χ1v) is 17.9. The number of rotatable bonds is 6. The Bertz CT molecular complexity index is 2180. The summed E-state index contributed by atoms with van der Waals surface area (Å²) in [7, 11) is -4.97. The molecule has 295 valence electrons. The minimum atomic E-state index is -4.48. The van der Waals surface area contributed by atoms with Gasteiger partial charge in [0, 0.05) is 39.2 Å². The SMILES string of the molecule is CO.CO.CO.CO.O=S(=O)([O-])c1ccc(N=Nc2c(O)ccc3ccccc23)cc1.O=S(=O)([O-])c1ccc(N=Nc2c(O)ccc3ccccc23)cc1.[Co+2]. The summed E-state index contributed by atoms with van der Waals surface area (Å²) in [4.78, 5) is -0.658. The topological polar surface area (TPSA) is 285 Å². The molecule has 0 aliphatic carbocycles. The van der Waals surface area contributed by atoms with Crippen molar-refractivity contribution in [3.8, 4) is 11.5 Å². The molecule has 6 N–H and O–H groups in total. The van der Waals surface area contributed by atoms with Crippen LogP contribution in [0.5, 0.6) is 11.5 Å². The Labute approximate surface area is 328 Å². The number of phenolic OH excluding ortho intramolecular Hbond substituents is 2. The Balaban J connectivity index is 0.000000885. The van der Waals surface area contributed by atoms with E-state index in [-0.39, 0.29) is 38.1 Å². The predicted molar refractivity (Wildman–Crippen MR) is 201 cm³/mol. The predicted octanol–water partition coefficient (Wildman–Crippen LogP) is 6.16. The van der Waals surface area contributed by atoms with Crippen molar-refractivity contribution in [1.82, 2.24) is 0 Å². The van der Waals surface area contributed by atoms with Gasteiger partial charge in [0.15, 0.2) is 0 Å². The second-order valence-electron chi connectivity index (χ2n) is 9.60. The number of aromatic hydroxyl groups is 2. The quantitative estimate of drug-likeness (QED) is 0.0812. The first-order chi connectivity index (χ1) is 25.9. The van der Waals surface area contributed by atoms with Gasteiger partial charge in [-0.05, 0) is 71.4 Å². The number of nitrogens with zero attached hydrogens (tertiary/aromatic N) is 4. The van der Waals surface area contributed by atoms with Gasteiger partial charge < -0.3 is 39.7 Å². The molecule has 0 bridgehead atoms. The molecule has 0 saturated carbocycles. The van der Waals surface area contributed by atoms with Crippen LogP contribution in [0.3, 0.4) is 0 Å². The van der Waals surface area contributed by atoms with Crippen LogP contribution in [0.4, 0.5) is 22.7 Å². The third kappa shape index (κ3) is 14.9. The van der Waals surface area contributed by atoms with Gasteiger partial charge in [0.25, 0.3) is 0 Å². The summed E-state index contributed by atoms with van der Waals surface area (Å²) in [5.41, 5.74) is 1.38. The molecular formula is C36H38CoN4O12S2. The number of hydrogen-bond donors (Lipinski definition) is 6. The molecule has 0 fully saturated rings. The Morgan fingerprint density at radius 3 is 1.00 bits per heavy atom. The molecule has 0 atom stereocenters. The normalized spacial score (nSPS) is 10.5. The van der Waals surface area contributed by atoms with Gasteiger partial charge in [-0.15, -0.1) is 10.2 Å². The van der Waals surface area contributed by atoms with Crippen LogP contribution < -0.4 is 0 Å². The molecular weight excluding hydrogens is 803 g/mol. The third-order valence-electron chi connectivity index (χ3n) is 6.54.